The van der Waals surface area contributed by atoms with E-state index in [2.05, 4.69) is 10.2 Å². The number of hydrogen-bond donors (Lipinski definition) is 1. The molecule has 118 valence electrons. The molecular weight excluding hydrogens is 284 g/mol. The molecule has 1 unspecified atom stereocenters. The van der Waals surface area contributed by atoms with Crippen LogP contribution in [0.25, 0.3) is 0 Å². The van der Waals surface area contributed by atoms with Crippen LogP contribution in [0.5, 0.6) is 0 Å². The summed E-state index contributed by atoms with van der Waals surface area (Å²) in [7, 11) is 0. The normalized spacial score (nSPS) is 22.7. The quantitative estimate of drug-likeness (QED) is 0.657. The van der Waals surface area contributed by atoms with E-state index in [0.29, 0.717) is 24.7 Å². The Morgan fingerprint density at radius 3 is 2.41 bits per heavy atom. The number of nitrogens with zero attached hydrogens (tertiary/aromatic N) is 3. The van der Waals surface area contributed by atoms with Gasteiger partial charge in [0.25, 0.3) is 11.6 Å². The van der Waals surface area contributed by atoms with Gasteiger partial charge in [-0.15, -0.1) is 0 Å². The van der Waals surface area contributed by atoms with Crippen LogP contribution in [0.4, 0.5) is 5.69 Å². The Labute approximate surface area is 129 Å². The van der Waals surface area contributed by atoms with Gasteiger partial charge in [-0.1, -0.05) is 0 Å². The van der Waals surface area contributed by atoms with E-state index in [1.807, 2.05) is 4.90 Å². The second-order valence-corrected chi connectivity index (χ2v) is 5.78. The average Bonchev–Trinajstić information content (AvgIpc) is 3.09. The first kappa shape index (κ1) is 14.9. The fourth-order valence-corrected chi connectivity index (χ4v) is 3.15. The molecule has 0 bridgehead atoms. The molecule has 2 saturated heterocycles. The van der Waals surface area contributed by atoms with Gasteiger partial charge in [-0.3, -0.25) is 19.8 Å². The molecule has 0 aromatic heterocycles. The largest absolute Gasteiger partial charge is 0.336 e. The minimum atomic E-state index is -0.456. The summed E-state index contributed by atoms with van der Waals surface area (Å²) in [4.78, 5) is 26.9. The van der Waals surface area contributed by atoms with Crippen molar-refractivity contribution in [2.75, 3.05) is 39.3 Å². The molecule has 0 spiro atoms. The van der Waals surface area contributed by atoms with Crippen LogP contribution in [0.15, 0.2) is 24.3 Å². The van der Waals surface area contributed by atoms with Crippen LogP contribution >= 0.6 is 0 Å². The lowest BCUT2D eigenvalue weighted by Gasteiger charge is -2.37. The summed E-state index contributed by atoms with van der Waals surface area (Å²) in [5.41, 5.74) is 0.525. The van der Waals surface area contributed by atoms with Crippen LogP contribution in [-0.4, -0.2) is 65.9 Å². The summed E-state index contributed by atoms with van der Waals surface area (Å²) in [6.07, 6.45) is 1.18. The summed E-state index contributed by atoms with van der Waals surface area (Å²) in [5.74, 6) is -0.0425. The first-order chi connectivity index (χ1) is 10.6. The van der Waals surface area contributed by atoms with Gasteiger partial charge >= 0.3 is 0 Å². The highest BCUT2D eigenvalue weighted by atomic mass is 16.6. The zero-order chi connectivity index (χ0) is 15.5. The SMILES string of the molecule is O=C(c1ccc([N+](=O)[O-])cc1)N1CCN(C2CCNC2)CC1. The zero-order valence-corrected chi connectivity index (χ0v) is 12.4. The molecular formula is C15H20N4O3. The Balaban J connectivity index is 1.58. The Morgan fingerprint density at radius 2 is 1.86 bits per heavy atom. The van der Waals surface area contributed by atoms with Crippen LogP contribution in [0.1, 0.15) is 16.8 Å². The average molecular weight is 304 g/mol. The fourth-order valence-electron chi connectivity index (χ4n) is 3.15. The van der Waals surface area contributed by atoms with Crippen LogP contribution in [0, 0.1) is 10.1 Å². The lowest BCUT2D eigenvalue weighted by Crippen LogP contribution is -2.52. The van der Waals surface area contributed by atoms with Crippen molar-refractivity contribution in [3.8, 4) is 0 Å². The standard InChI is InChI=1S/C15H20N4O3/c20-15(12-1-3-13(4-2-12)19(21)22)18-9-7-17(8-10-18)14-5-6-16-11-14/h1-4,14,16H,5-11H2. The molecule has 2 aliphatic rings. The van der Waals surface area contributed by atoms with Gasteiger partial charge < -0.3 is 10.2 Å². The maximum atomic E-state index is 12.4. The van der Waals surface area contributed by atoms with Crippen LogP contribution < -0.4 is 5.32 Å². The van der Waals surface area contributed by atoms with Gasteiger partial charge in [-0.25, -0.2) is 0 Å². The van der Waals surface area contributed by atoms with Gasteiger partial charge in [0.2, 0.25) is 0 Å². The highest BCUT2D eigenvalue weighted by Crippen LogP contribution is 2.16. The minimum Gasteiger partial charge on any atom is -0.336 e. The molecule has 1 aromatic carbocycles. The minimum absolute atomic E-state index is 0.00935. The van der Waals surface area contributed by atoms with E-state index in [9.17, 15) is 14.9 Å². The van der Waals surface area contributed by atoms with Crippen LogP contribution in [0.2, 0.25) is 0 Å². The Kier molecular flexibility index (Phi) is 4.35. The molecule has 2 fully saturated rings. The third kappa shape index (κ3) is 3.10. The molecule has 0 saturated carbocycles. The molecule has 1 N–H and O–H groups in total. The summed E-state index contributed by atoms with van der Waals surface area (Å²) in [6, 6.07) is 6.43. The number of amides is 1. The molecule has 0 aliphatic carbocycles. The number of benzene rings is 1. The van der Waals surface area contributed by atoms with E-state index >= 15 is 0 Å². The number of nitro groups is 1. The summed E-state index contributed by atoms with van der Waals surface area (Å²) >= 11 is 0. The van der Waals surface area contributed by atoms with E-state index in [1.165, 1.54) is 30.7 Å². The highest BCUT2D eigenvalue weighted by molar-refractivity contribution is 5.94. The molecule has 3 rings (SSSR count). The molecule has 7 heteroatoms. The number of carbonyl (C=O) groups excluding carboxylic acids is 1. The maximum Gasteiger partial charge on any atom is 0.269 e. The predicted molar refractivity (Wildman–Crippen MR) is 81.8 cm³/mol. The van der Waals surface area contributed by atoms with Crippen molar-refractivity contribution < 1.29 is 9.72 Å². The van der Waals surface area contributed by atoms with Crippen LogP contribution in [0.3, 0.4) is 0 Å². The number of piperazine rings is 1. The summed E-state index contributed by atoms with van der Waals surface area (Å²) in [6.45, 7) is 5.33. The van der Waals surface area contributed by atoms with Crippen molar-refractivity contribution >= 4 is 11.6 Å². The molecule has 7 nitrogen and oxygen atoms in total. The number of nitro benzene ring substituents is 1. The van der Waals surface area contributed by atoms with E-state index in [4.69, 9.17) is 0 Å². The van der Waals surface area contributed by atoms with E-state index < -0.39 is 4.92 Å². The Bertz CT molecular complexity index is 546. The third-order valence-corrected chi connectivity index (χ3v) is 4.48. The summed E-state index contributed by atoms with van der Waals surface area (Å²) < 4.78 is 0. The number of rotatable bonds is 3. The van der Waals surface area contributed by atoms with Gasteiger partial charge in [0.05, 0.1) is 4.92 Å². The second kappa shape index (κ2) is 6.41. The molecule has 0 radical (unpaired) electrons. The molecule has 1 amide bonds. The predicted octanol–water partition coefficient (Wildman–Crippen LogP) is 0.714. The van der Waals surface area contributed by atoms with Crippen molar-refractivity contribution in [1.29, 1.82) is 0 Å². The first-order valence-corrected chi connectivity index (χ1v) is 7.63. The lowest BCUT2D eigenvalue weighted by molar-refractivity contribution is -0.384. The van der Waals surface area contributed by atoms with E-state index in [1.54, 1.807) is 0 Å². The number of non-ortho nitro benzene ring substituents is 1. The Morgan fingerprint density at radius 1 is 1.18 bits per heavy atom. The molecule has 1 atom stereocenters. The number of nitrogens with one attached hydrogen (secondary N) is 1. The van der Waals surface area contributed by atoms with Gasteiger partial charge in [-0.2, -0.15) is 0 Å². The van der Waals surface area contributed by atoms with Gasteiger partial charge in [0.15, 0.2) is 0 Å². The first-order valence-electron chi connectivity index (χ1n) is 7.63. The van der Waals surface area contributed by atoms with Crippen molar-refractivity contribution in [1.82, 2.24) is 15.1 Å². The van der Waals surface area contributed by atoms with Gasteiger partial charge in [-0.05, 0) is 25.1 Å². The van der Waals surface area contributed by atoms with Crippen molar-refractivity contribution in [2.45, 2.75) is 12.5 Å². The zero-order valence-electron chi connectivity index (χ0n) is 12.4. The highest BCUT2D eigenvalue weighted by Gasteiger charge is 2.28. The lowest BCUT2D eigenvalue weighted by atomic mass is 10.1. The monoisotopic (exact) mass is 304 g/mol. The van der Waals surface area contributed by atoms with Gasteiger partial charge in [0, 0.05) is 56.5 Å². The topological polar surface area (TPSA) is 78.7 Å². The van der Waals surface area contributed by atoms with Crippen molar-refractivity contribution in [2.24, 2.45) is 0 Å². The smallest absolute Gasteiger partial charge is 0.269 e. The third-order valence-electron chi connectivity index (χ3n) is 4.48. The molecule has 1 aromatic rings. The maximum absolute atomic E-state index is 12.4. The van der Waals surface area contributed by atoms with Crippen molar-refractivity contribution in [3.05, 3.63) is 39.9 Å². The van der Waals surface area contributed by atoms with Gasteiger partial charge in [0.1, 0.15) is 0 Å². The second-order valence-electron chi connectivity index (χ2n) is 5.78. The Hall–Kier alpha value is -1.99. The van der Waals surface area contributed by atoms with E-state index in [0.717, 1.165) is 26.2 Å². The van der Waals surface area contributed by atoms with Crippen molar-refractivity contribution in [3.63, 3.8) is 0 Å². The van der Waals surface area contributed by atoms with Crippen LogP contribution in [-0.2, 0) is 0 Å². The number of carbonyl (C=O) groups is 1. The molecule has 2 aliphatic heterocycles. The van der Waals surface area contributed by atoms with E-state index in [-0.39, 0.29) is 11.6 Å². The fraction of sp³-hybridized carbons (Fsp3) is 0.533. The summed E-state index contributed by atoms with van der Waals surface area (Å²) in [5, 5.41) is 14.0. The molecule has 2 heterocycles. The molecule has 22 heavy (non-hydrogen) atoms. The number of hydrogen-bond acceptors (Lipinski definition) is 5.